The van der Waals surface area contributed by atoms with Crippen LogP contribution in [0.3, 0.4) is 0 Å². The number of ether oxygens (including phenoxy) is 1. The summed E-state index contributed by atoms with van der Waals surface area (Å²) >= 11 is 0. The number of esters is 1. The second-order valence-electron chi connectivity index (χ2n) is 2.85. The summed E-state index contributed by atoms with van der Waals surface area (Å²) in [6.07, 6.45) is 0.404. The van der Waals surface area contributed by atoms with Gasteiger partial charge in [-0.3, -0.25) is 0 Å². The highest BCUT2D eigenvalue weighted by Crippen LogP contribution is 1.87. The van der Waals surface area contributed by atoms with Crippen LogP contribution in [-0.2, 0) is 9.53 Å². The zero-order valence-corrected chi connectivity index (χ0v) is 8.16. The maximum atomic E-state index is 10.8. The van der Waals surface area contributed by atoms with Crippen LogP contribution in [-0.4, -0.2) is 36.4 Å². The fraction of sp³-hybridized carbons (Fsp3) is 0.750. The van der Waals surface area contributed by atoms with Crippen LogP contribution in [0.1, 0.15) is 19.8 Å². The van der Waals surface area contributed by atoms with Crippen LogP contribution in [0, 0.1) is 0 Å². The minimum atomic E-state index is -1.63. The summed E-state index contributed by atoms with van der Waals surface area (Å²) in [5.74, 6) is -0.929. The standard InChI is InChI=1S/C8H16N2O4/c1-2-3-4-10-5-6(9)7(11)14-8(12)13/h6,10H,2-5,9H2,1H3,(H,12,13). The number of carboxylic acid groups (broad SMARTS) is 1. The molecule has 0 saturated carbocycles. The number of unbranched alkanes of at least 4 members (excludes halogenated alkanes) is 1. The molecule has 0 aliphatic carbocycles. The summed E-state index contributed by atoms with van der Waals surface area (Å²) in [7, 11) is 0. The Balaban J connectivity index is 3.57. The molecule has 0 aromatic heterocycles. The van der Waals surface area contributed by atoms with Crippen LogP contribution in [0.4, 0.5) is 4.79 Å². The van der Waals surface area contributed by atoms with Gasteiger partial charge >= 0.3 is 12.1 Å². The second kappa shape index (κ2) is 7.28. The third kappa shape index (κ3) is 6.38. The molecule has 0 aromatic carbocycles. The largest absolute Gasteiger partial charge is 0.513 e. The summed E-state index contributed by atoms with van der Waals surface area (Å²) in [6, 6.07) is -0.928. The normalized spacial score (nSPS) is 12.1. The van der Waals surface area contributed by atoms with Crippen molar-refractivity contribution in [3.63, 3.8) is 0 Å². The first-order valence-corrected chi connectivity index (χ1v) is 4.48. The number of carbonyl (C=O) groups excluding carboxylic acids is 1. The van der Waals surface area contributed by atoms with Crippen molar-refractivity contribution >= 4 is 12.1 Å². The fourth-order valence-electron chi connectivity index (χ4n) is 0.804. The SMILES string of the molecule is CCCCNCC(N)C(=O)OC(=O)O. The molecule has 0 rings (SSSR count). The van der Waals surface area contributed by atoms with Gasteiger partial charge in [-0.2, -0.15) is 0 Å². The Labute approximate surface area is 82.4 Å². The van der Waals surface area contributed by atoms with E-state index in [2.05, 4.69) is 10.1 Å². The van der Waals surface area contributed by atoms with E-state index in [1.807, 2.05) is 6.92 Å². The molecule has 82 valence electrons. The van der Waals surface area contributed by atoms with Crippen molar-refractivity contribution in [3.8, 4) is 0 Å². The van der Waals surface area contributed by atoms with Crippen LogP contribution in [0.15, 0.2) is 0 Å². The molecule has 0 radical (unpaired) electrons. The summed E-state index contributed by atoms with van der Waals surface area (Å²) in [6.45, 7) is 3.02. The maximum absolute atomic E-state index is 10.8. The van der Waals surface area contributed by atoms with Gasteiger partial charge in [-0.15, -0.1) is 0 Å². The van der Waals surface area contributed by atoms with Gasteiger partial charge < -0.3 is 20.9 Å². The highest BCUT2D eigenvalue weighted by molar-refractivity contribution is 5.84. The first kappa shape index (κ1) is 12.9. The van der Waals surface area contributed by atoms with E-state index >= 15 is 0 Å². The van der Waals surface area contributed by atoms with Crippen LogP contribution in [0.2, 0.25) is 0 Å². The Bertz CT molecular complexity index is 196. The van der Waals surface area contributed by atoms with Gasteiger partial charge in [0.1, 0.15) is 6.04 Å². The van der Waals surface area contributed by atoms with Crippen molar-refractivity contribution in [2.75, 3.05) is 13.1 Å². The molecule has 1 unspecified atom stereocenters. The third-order valence-corrected chi connectivity index (χ3v) is 1.56. The molecule has 6 nitrogen and oxygen atoms in total. The van der Waals surface area contributed by atoms with E-state index in [1.165, 1.54) is 0 Å². The highest BCUT2D eigenvalue weighted by Gasteiger charge is 2.17. The lowest BCUT2D eigenvalue weighted by molar-refractivity contribution is -0.140. The summed E-state index contributed by atoms with van der Waals surface area (Å²) < 4.78 is 3.88. The van der Waals surface area contributed by atoms with Gasteiger partial charge in [-0.05, 0) is 13.0 Å². The molecule has 0 amide bonds. The van der Waals surface area contributed by atoms with Crippen LogP contribution in [0.25, 0.3) is 0 Å². The summed E-state index contributed by atoms with van der Waals surface area (Å²) in [5, 5.41) is 11.0. The van der Waals surface area contributed by atoms with E-state index in [-0.39, 0.29) is 6.54 Å². The van der Waals surface area contributed by atoms with Gasteiger partial charge in [0.15, 0.2) is 0 Å². The molecule has 6 heteroatoms. The number of carbonyl (C=O) groups is 2. The monoisotopic (exact) mass is 204 g/mol. The predicted molar refractivity (Wildman–Crippen MR) is 49.9 cm³/mol. The van der Waals surface area contributed by atoms with Crippen molar-refractivity contribution in [2.24, 2.45) is 5.73 Å². The van der Waals surface area contributed by atoms with Gasteiger partial charge in [0.2, 0.25) is 0 Å². The number of nitrogens with two attached hydrogens (primary N) is 1. The predicted octanol–water partition coefficient (Wildman–Crippen LogP) is -0.0754. The topological polar surface area (TPSA) is 102 Å². The van der Waals surface area contributed by atoms with Crippen LogP contribution >= 0.6 is 0 Å². The van der Waals surface area contributed by atoms with E-state index < -0.39 is 18.2 Å². The van der Waals surface area contributed by atoms with Gasteiger partial charge in [0.25, 0.3) is 0 Å². The van der Waals surface area contributed by atoms with Crippen molar-refractivity contribution in [3.05, 3.63) is 0 Å². The smallest absolute Gasteiger partial charge is 0.449 e. The molecule has 1 atom stereocenters. The minimum absolute atomic E-state index is 0.228. The molecule has 0 fully saturated rings. The number of rotatable bonds is 6. The van der Waals surface area contributed by atoms with Crippen LogP contribution < -0.4 is 11.1 Å². The lowest BCUT2D eigenvalue weighted by Gasteiger charge is -2.09. The average molecular weight is 204 g/mol. The number of nitrogens with one attached hydrogen (secondary N) is 1. The Morgan fingerprint density at radius 2 is 2.21 bits per heavy atom. The fourth-order valence-corrected chi connectivity index (χ4v) is 0.804. The lowest BCUT2D eigenvalue weighted by atomic mass is 10.3. The van der Waals surface area contributed by atoms with E-state index in [0.717, 1.165) is 19.4 Å². The summed E-state index contributed by atoms with van der Waals surface area (Å²) in [4.78, 5) is 20.8. The molecule has 0 aliphatic rings. The first-order valence-electron chi connectivity index (χ1n) is 4.48. The molecule has 14 heavy (non-hydrogen) atoms. The number of hydrogen-bond donors (Lipinski definition) is 3. The Hall–Kier alpha value is -1.14. The third-order valence-electron chi connectivity index (χ3n) is 1.56. The quantitative estimate of drug-likeness (QED) is 0.318. The molecular weight excluding hydrogens is 188 g/mol. The zero-order valence-electron chi connectivity index (χ0n) is 8.16. The first-order chi connectivity index (χ1) is 6.57. The molecule has 0 saturated heterocycles. The molecule has 0 spiro atoms. The Kier molecular flexibility index (Phi) is 6.69. The molecule has 0 aliphatic heterocycles. The highest BCUT2D eigenvalue weighted by atomic mass is 16.7. The van der Waals surface area contributed by atoms with Gasteiger partial charge in [0, 0.05) is 6.54 Å². The molecule has 4 N–H and O–H groups in total. The van der Waals surface area contributed by atoms with Crippen LogP contribution in [0.5, 0.6) is 0 Å². The van der Waals surface area contributed by atoms with E-state index in [4.69, 9.17) is 10.8 Å². The maximum Gasteiger partial charge on any atom is 0.513 e. The molecule has 0 heterocycles. The van der Waals surface area contributed by atoms with Gasteiger partial charge in [0.05, 0.1) is 0 Å². The van der Waals surface area contributed by atoms with Crippen molar-refractivity contribution < 1.29 is 19.4 Å². The zero-order chi connectivity index (χ0) is 11.0. The van der Waals surface area contributed by atoms with Crippen molar-refractivity contribution in [1.29, 1.82) is 0 Å². The van der Waals surface area contributed by atoms with E-state index in [1.54, 1.807) is 0 Å². The van der Waals surface area contributed by atoms with E-state index in [0.29, 0.717) is 0 Å². The average Bonchev–Trinajstić information content (AvgIpc) is 2.11. The molecule has 0 aromatic rings. The summed E-state index contributed by atoms with van der Waals surface area (Å²) in [5.41, 5.74) is 5.35. The molecule has 0 bridgehead atoms. The van der Waals surface area contributed by atoms with Crippen molar-refractivity contribution in [1.82, 2.24) is 5.32 Å². The van der Waals surface area contributed by atoms with Gasteiger partial charge in [-0.25, -0.2) is 9.59 Å². The van der Waals surface area contributed by atoms with Gasteiger partial charge in [-0.1, -0.05) is 13.3 Å². The second-order valence-corrected chi connectivity index (χ2v) is 2.85. The number of hydrogen-bond acceptors (Lipinski definition) is 5. The molecular formula is C8H16N2O4. The lowest BCUT2D eigenvalue weighted by Crippen LogP contribution is -2.42. The Morgan fingerprint density at radius 3 is 2.71 bits per heavy atom. The van der Waals surface area contributed by atoms with Crippen molar-refractivity contribution in [2.45, 2.75) is 25.8 Å². The van der Waals surface area contributed by atoms with E-state index in [9.17, 15) is 9.59 Å². The minimum Gasteiger partial charge on any atom is -0.449 e. The Morgan fingerprint density at radius 1 is 1.57 bits per heavy atom.